The molecule has 0 spiro atoms. The van der Waals surface area contributed by atoms with Crippen molar-refractivity contribution in [3.05, 3.63) is 29.8 Å². The molecular weight excluding hydrogens is 275 g/mol. The molecule has 1 aromatic rings. The molecule has 1 rings (SSSR count). The summed E-state index contributed by atoms with van der Waals surface area (Å²) in [6, 6.07) is 8.34. The number of halogens is 1. The standard InChI is InChI=1S/C11H15IO/c1-2-10-4-6-11(7-5-10)13-9-3-8-12/h4-7H,2-3,8-9H2,1H3. The summed E-state index contributed by atoms with van der Waals surface area (Å²) >= 11 is 2.36. The van der Waals surface area contributed by atoms with Gasteiger partial charge in [-0.3, -0.25) is 0 Å². The Morgan fingerprint density at radius 3 is 2.46 bits per heavy atom. The van der Waals surface area contributed by atoms with Crippen LogP contribution < -0.4 is 4.74 Å². The number of hydrogen-bond acceptors (Lipinski definition) is 1. The predicted molar refractivity (Wildman–Crippen MR) is 64.8 cm³/mol. The van der Waals surface area contributed by atoms with Crippen LogP contribution in [0.2, 0.25) is 0 Å². The Balaban J connectivity index is 2.40. The van der Waals surface area contributed by atoms with Crippen LogP contribution in [0.1, 0.15) is 18.9 Å². The SMILES string of the molecule is CCc1ccc(OCCCI)cc1. The lowest BCUT2D eigenvalue weighted by molar-refractivity contribution is 0.319. The van der Waals surface area contributed by atoms with Gasteiger partial charge in [0.05, 0.1) is 6.61 Å². The topological polar surface area (TPSA) is 9.23 Å². The first-order chi connectivity index (χ1) is 6.36. The fourth-order valence-corrected chi connectivity index (χ4v) is 1.38. The lowest BCUT2D eigenvalue weighted by atomic mass is 10.2. The maximum atomic E-state index is 5.54. The van der Waals surface area contributed by atoms with Gasteiger partial charge in [0.15, 0.2) is 0 Å². The fraction of sp³-hybridized carbons (Fsp3) is 0.455. The molecule has 0 aliphatic carbocycles. The molecule has 0 heterocycles. The van der Waals surface area contributed by atoms with Gasteiger partial charge >= 0.3 is 0 Å². The highest BCUT2D eigenvalue weighted by Gasteiger charge is 1.93. The Morgan fingerprint density at radius 2 is 1.92 bits per heavy atom. The van der Waals surface area contributed by atoms with E-state index in [0.717, 1.165) is 29.6 Å². The number of rotatable bonds is 5. The van der Waals surface area contributed by atoms with Crippen molar-refractivity contribution >= 4 is 22.6 Å². The third kappa shape index (κ3) is 3.98. The van der Waals surface area contributed by atoms with Gasteiger partial charge in [-0.1, -0.05) is 41.6 Å². The number of benzene rings is 1. The summed E-state index contributed by atoms with van der Waals surface area (Å²) in [5.74, 6) is 0.988. The molecule has 2 heteroatoms. The molecule has 0 atom stereocenters. The second-order valence-electron chi connectivity index (χ2n) is 2.89. The van der Waals surface area contributed by atoms with Crippen molar-refractivity contribution in [3.63, 3.8) is 0 Å². The normalized spacial score (nSPS) is 10.0. The molecule has 0 bridgehead atoms. The Labute approximate surface area is 93.6 Å². The molecule has 0 fully saturated rings. The molecule has 0 amide bonds. The van der Waals surface area contributed by atoms with Crippen molar-refractivity contribution in [1.82, 2.24) is 0 Å². The van der Waals surface area contributed by atoms with Crippen molar-refractivity contribution in [3.8, 4) is 5.75 Å². The molecule has 1 aromatic carbocycles. The summed E-state index contributed by atoms with van der Waals surface area (Å²) < 4.78 is 6.70. The molecular formula is C11H15IO. The lowest BCUT2D eigenvalue weighted by Gasteiger charge is -2.05. The van der Waals surface area contributed by atoms with Crippen LogP contribution in [0.4, 0.5) is 0 Å². The number of alkyl halides is 1. The Bertz CT molecular complexity index is 230. The van der Waals surface area contributed by atoms with Gasteiger partial charge in [0, 0.05) is 4.43 Å². The zero-order valence-electron chi connectivity index (χ0n) is 7.92. The van der Waals surface area contributed by atoms with Gasteiger partial charge in [-0.15, -0.1) is 0 Å². The molecule has 13 heavy (non-hydrogen) atoms. The molecule has 0 radical (unpaired) electrons. The first-order valence-electron chi connectivity index (χ1n) is 4.64. The monoisotopic (exact) mass is 290 g/mol. The zero-order chi connectivity index (χ0) is 9.52. The first-order valence-corrected chi connectivity index (χ1v) is 6.17. The van der Waals surface area contributed by atoms with Gasteiger partial charge < -0.3 is 4.74 Å². The van der Waals surface area contributed by atoms with E-state index in [1.54, 1.807) is 0 Å². The Kier molecular flexibility index (Phi) is 5.20. The Hall–Kier alpha value is -0.250. The van der Waals surface area contributed by atoms with E-state index in [1.165, 1.54) is 5.56 Å². The van der Waals surface area contributed by atoms with E-state index in [-0.39, 0.29) is 0 Å². The minimum absolute atomic E-state index is 0.828. The largest absolute Gasteiger partial charge is 0.494 e. The molecule has 0 saturated carbocycles. The summed E-state index contributed by atoms with van der Waals surface area (Å²) in [6.07, 6.45) is 2.21. The zero-order valence-corrected chi connectivity index (χ0v) is 10.1. The number of hydrogen-bond donors (Lipinski definition) is 0. The van der Waals surface area contributed by atoms with Crippen molar-refractivity contribution in [2.45, 2.75) is 19.8 Å². The van der Waals surface area contributed by atoms with Crippen molar-refractivity contribution in [1.29, 1.82) is 0 Å². The highest BCUT2D eigenvalue weighted by molar-refractivity contribution is 14.1. The van der Waals surface area contributed by atoms with Crippen LogP contribution in [0, 0.1) is 0 Å². The molecule has 0 unspecified atom stereocenters. The van der Waals surface area contributed by atoms with E-state index in [0.29, 0.717) is 0 Å². The van der Waals surface area contributed by atoms with Crippen molar-refractivity contribution in [2.75, 3.05) is 11.0 Å². The third-order valence-corrected chi connectivity index (χ3v) is 2.64. The number of aryl methyl sites for hydroxylation is 1. The van der Waals surface area contributed by atoms with Gasteiger partial charge in [0.25, 0.3) is 0 Å². The summed E-state index contributed by atoms with van der Waals surface area (Å²) in [7, 11) is 0. The summed E-state index contributed by atoms with van der Waals surface area (Å²) in [5.41, 5.74) is 1.36. The smallest absolute Gasteiger partial charge is 0.119 e. The fourth-order valence-electron chi connectivity index (χ4n) is 1.07. The van der Waals surface area contributed by atoms with Crippen LogP contribution >= 0.6 is 22.6 Å². The molecule has 0 aliphatic heterocycles. The van der Waals surface area contributed by atoms with Gasteiger partial charge in [-0.2, -0.15) is 0 Å². The van der Waals surface area contributed by atoms with E-state index in [1.807, 2.05) is 12.1 Å². The third-order valence-electron chi connectivity index (χ3n) is 1.88. The van der Waals surface area contributed by atoms with Gasteiger partial charge in [0.1, 0.15) is 5.75 Å². The molecule has 0 N–H and O–H groups in total. The van der Waals surface area contributed by atoms with Crippen LogP contribution in [-0.4, -0.2) is 11.0 Å². The van der Waals surface area contributed by atoms with Crippen LogP contribution in [0.25, 0.3) is 0 Å². The van der Waals surface area contributed by atoms with E-state index < -0.39 is 0 Å². The van der Waals surface area contributed by atoms with Crippen LogP contribution in [-0.2, 0) is 6.42 Å². The lowest BCUT2D eigenvalue weighted by Crippen LogP contribution is -1.97. The molecule has 1 nitrogen and oxygen atoms in total. The average Bonchev–Trinajstić information content (AvgIpc) is 2.19. The van der Waals surface area contributed by atoms with E-state index in [9.17, 15) is 0 Å². The van der Waals surface area contributed by atoms with Gasteiger partial charge in [-0.25, -0.2) is 0 Å². The highest BCUT2D eigenvalue weighted by atomic mass is 127. The maximum absolute atomic E-state index is 5.54. The maximum Gasteiger partial charge on any atom is 0.119 e. The molecule has 0 saturated heterocycles. The molecule has 72 valence electrons. The average molecular weight is 290 g/mol. The van der Waals surface area contributed by atoms with Gasteiger partial charge in [0.2, 0.25) is 0 Å². The van der Waals surface area contributed by atoms with E-state index in [2.05, 4.69) is 41.6 Å². The summed E-state index contributed by atoms with van der Waals surface area (Å²) in [5, 5.41) is 0. The van der Waals surface area contributed by atoms with Gasteiger partial charge in [-0.05, 0) is 30.5 Å². The second-order valence-corrected chi connectivity index (χ2v) is 3.97. The summed E-state index contributed by atoms with van der Waals surface area (Å²) in [6.45, 7) is 2.99. The van der Waals surface area contributed by atoms with Crippen molar-refractivity contribution in [2.24, 2.45) is 0 Å². The Morgan fingerprint density at radius 1 is 1.23 bits per heavy atom. The predicted octanol–water partition coefficient (Wildman–Crippen LogP) is 3.45. The van der Waals surface area contributed by atoms with E-state index in [4.69, 9.17) is 4.74 Å². The van der Waals surface area contributed by atoms with Crippen LogP contribution in [0.15, 0.2) is 24.3 Å². The first kappa shape index (κ1) is 10.8. The minimum atomic E-state index is 0.828. The minimum Gasteiger partial charge on any atom is -0.494 e. The highest BCUT2D eigenvalue weighted by Crippen LogP contribution is 2.12. The van der Waals surface area contributed by atoms with Crippen molar-refractivity contribution < 1.29 is 4.74 Å². The molecule has 0 aromatic heterocycles. The van der Waals surface area contributed by atoms with E-state index >= 15 is 0 Å². The number of ether oxygens (including phenoxy) is 1. The van der Waals surface area contributed by atoms with Crippen LogP contribution in [0.3, 0.4) is 0 Å². The second kappa shape index (κ2) is 6.24. The quantitative estimate of drug-likeness (QED) is 0.458. The molecule has 0 aliphatic rings. The summed E-state index contributed by atoms with van der Waals surface area (Å²) in [4.78, 5) is 0. The van der Waals surface area contributed by atoms with Crippen LogP contribution in [0.5, 0.6) is 5.75 Å².